The van der Waals surface area contributed by atoms with E-state index in [2.05, 4.69) is 145 Å². The highest BCUT2D eigenvalue weighted by Crippen LogP contribution is 2.42. The highest BCUT2D eigenvalue weighted by atomic mass is 15.0. The van der Waals surface area contributed by atoms with Gasteiger partial charge in [-0.05, 0) is 59.5 Å². The second kappa shape index (κ2) is 7.60. The number of para-hydroxylation sites is 3. The molecule has 174 valence electrons. The van der Waals surface area contributed by atoms with Crippen LogP contribution in [0.4, 0.5) is 0 Å². The maximum atomic E-state index is 2.42. The summed E-state index contributed by atoms with van der Waals surface area (Å²) in [4.78, 5) is 0. The molecule has 0 N–H and O–H groups in total. The molecule has 0 aliphatic carbocycles. The van der Waals surface area contributed by atoms with Crippen LogP contribution in [0.25, 0.3) is 55.0 Å². The first-order valence-electron chi connectivity index (χ1n) is 12.6. The summed E-state index contributed by atoms with van der Waals surface area (Å²) in [5.74, 6) is 0. The summed E-state index contributed by atoms with van der Waals surface area (Å²) < 4.78 is 4.82. The third-order valence-corrected chi connectivity index (χ3v) is 7.48. The minimum absolute atomic E-state index is 0.130. The van der Waals surface area contributed by atoms with Crippen molar-refractivity contribution in [2.75, 3.05) is 0 Å². The zero-order valence-corrected chi connectivity index (χ0v) is 20.9. The maximum Gasteiger partial charge on any atom is 0.0548 e. The number of fused-ring (bicyclic) bond motifs is 7. The Kier molecular flexibility index (Phi) is 4.44. The van der Waals surface area contributed by atoms with Crippen LogP contribution >= 0.6 is 0 Å². The van der Waals surface area contributed by atoms with Crippen LogP contribution in [0.1, 0.15) is 26.3 Å². The Bertz CT molecular complexity index is 1890. The van der Waals surface area contributed by atoms with Crippen molar-refractivity contribution in [1.29, 1.82) is 0 Å². The summed E-state index contributed by atoms with van der Waals surface area (Å²) in [6.07, 6.45) is 0. The molecule has 0 spiro atoms. The van der Waals surface area contributed by atoms with Crippen LogP contribution < -0.4 is 0 Å². The Balaban J connectivity index is 1.63. The van der Waals surface area contributed by atoms with Crippen LogP contribution in [0.15, 0.2) is 115 Å². The third-order valence-electron chi connectivity index (χ3n) is 7.48. The minimum atomic E-state index is 0.130. The second-order valence-corrected chi connectivity index (χ2v) is 10.7. The van der Waals surface area contributed by atoms with Gasteiger partial charge in [0, 0.05) is 32.9 Å². The first kappa shape index (κ1) is 21.0. The predicted octanol–water partition coefficient (Wildman–Crippen LogP) is 9.18. The van der Waals surface area contributed by atoms with E-state index in [9.17, 15) is 0 Å². The zero-order chi connectivity index (χ0) is 24.4. The lowest BCUT2D eigenvalue weighted by atomic mass is 9.87. The molecule has 0 fully saturated rings. The van der Waals surface area contributed by atoms with Crippen molar-refractivity contribution in [3.05, 3.63) is 121 Å². The Hall–Kier alpha value is -4.30. The van der Waals surface area contributed by atoms with E-state index in [1.807, 2.05) is 0 Å². The molecule has 0 saturated heterocycles. The van der Waals surface area contributed by atoms with E-state index in [4.69, 9.17) is 0 Å². The zero-order valence-electron chi connectivity index (χ0n) is 20.9. The van der Waals surface area contributed by atoms with E-state index in [1.165, 1.54) is 60.5 Å². The molecule has 0 aliphatic rings. The first-order chi connectivity index (χ1) is 17.5. The van der Waals surface area contributed by atoms with Crippen molar-refractivity contribution in [3.8, 4) is 11.4 Å². The summed E-state index contributed by atoms with van der Waals surface area (Å²) in [5.41, 5.74) is 8.80. The lowest BCUT2D eigenvalue weighted by Crippen LogP contribution is -2.10. The lowest BCUT2D eigenvalue weighted by molar-refractivity contribution is 0.590. The molecule has 0 aliphatic heterocycles. The molecule has 0 amide bonds. The van der Waals surface area contributed by atoms with Gasteiger partial charge in [-0.25, -0.2) is 0 Å². The largest absolute Gasteiger partial charge is 0.309 e. The van der Waals surface area contributed by atoms with Crippen LogP contribution in [0.3, 0.4) is 0 Å². The predicted molar refractivity (Wildman–Crippen MR) is 154 cm³/mol. The van der Waals surface area contributed by atoms with Crippen LogP contribution in [0, 0.1) is 0 Å². The molecular weight excluding hydrogens is 436 g/mol. The number of nitrogens with zero attached hydrogens (tertiary/aromatic N) is 2. The van der Waals surface area contributed by atoms with Gasteiger partial charge in [-0.1, -0.05) is 87.5 Å². The summed E-state index contributed by atoms with van der Waals surface area (Å²) in [5, 5.41) is 5.20. The van der Waals surface area contributed by atoms with Gasteiger partial charge in [0.05, 0.1) is 22.1 Å². The Morgan fingerprint density at radius 1 is 0.417 bits per heavy atom. The average molecular weight is 465 g/mol. The maximum absolute atomic E-state index is 2.42. The molecule has 7 rings (SSSR count). The molecule has 2 heterocycles. The van der Waals surface area contributed by atoms with Gasteiger partial charge in [0.2, 0.25) is 0 Å². The van der Waals surface area contributed by atoms with Gasteiger partial charge in [0.25, 0.3) is 0 Å². The first-order valence-corrected chi connectivity index (χ1v) is 12.6. The highest BCUT2D eigenvalue weighted by Gasteiger charge is 2.20. The molecule has 5 aromatic carbocycles. The number of rotatable bonds is 2. The van der Waals surface area contributed by atoms with Gasteiger partial charge in [-0.3, -0.25) is 0 Å². The van der Waals surface area contributed by atoms with Crippen molar-refractivity contribution >= 4 is 43.6 Å². The molecule has 7 aromatic rings. The summed E-state index contributed by atoms with van der Waals surface area (Å²) in [6.45, 7) is 6.80. The van der Waals surface area contributed by atoms with Gasteiger partial charge >= 0.3 is 0 Å². The molecule has 2 aromatic heterocycles. The monoisotopic (exact) mass is 464 g/mol. The molecular formula is C34H28N2. The van der Waals surface area contributed by atoms with Crippen molar-refractivity contribution in [2.45, 2.75) is 26.2 Å². The molecule has 0 saturated carbocycles. The normalized spacial score (nSPS) is 12.3. The fourth-order valence-electron chi connectivity index (χ4n) is 5.76. The fraction of sp³-hybridized carbons (Fsp3) is 0.118. The van der Waals surface area contributed by atoms with Gasteiger partial charge in [-0.15, -0.1) is 0 Å². The Morgan fingerprint density at radius 3 is 1.36 bits per heavy atom. The molecule has 0 atom stereocenters. The highest BCUT2D eigenvalue weighted by molar-refractivity contribution is 6.28. The quantitative estimate of drug-likeness (QED) is 0.241. The standard InChI is InChI=1S/C34H28N2/c1-34(2,3)23-17-19-25(20-18-23)36-29-16-10-8-14-27(29)33-31(36)22-21-30-32(33)26-13-7-9-15-28(26)35(30)24-11-5-4-6-12-24/h4-22H,1-3H3. The topological polar surface area (TPSA) is 9.86 Å². The van der Waals surface area contributed by atoms with Crippen molar-refractivity contribution in [3.63, 3.8) is 0 Å². The Morgan fingerprint density at radius 2 is 0.861 bits per heavy atom. The van der Waals surface area contributed by atoms with Gasteiger partial charge < -0.3 is 9.13 Å². The van der Waals surface area contributed by atoms with E-state index in [0.29, 0.717) is 0 Å². The summed E-state index contributed by atoms with van der Waals surface area (Å²) >= 11 is 0. The molecule has 2 nitrogen and oxygen atoms in total. The van der Waals surface area contributed by atoms with E-state index in [-0.39, 0.29) is 5.41 Å². The van der Waals surface area contributed by atoms with Crippen LogP contribution in [0.2, 0.25) is 0 Å². The van der Waals surface area contributed by atoms with E-state index in [0.717, 1.165) is 0 Å². The number of aromatic nitrogens is 2. The molecule has 2 heteroatoms. The summed E-state index contributed by atoms with van der Waals surface area (Å²) in [6, 6.07) is 42.0. The second-order valence-electron chi connectivity index (χ2n) is 10.7. The average Bonchev–Trinajstić information content (AvgIpc) is 3.41. The summed E-state index contributed by atoms with van der Waals surface area (Å²) in [7, 11) is 0. The van der Waals surface area contributed by atoms with Crippen LogP contribution in [0.5, 0.6) is 0 Å². The van der Waals surface area contributed by atoms with E-state index >= 15 is 0 Å². The van der Waals surface area contributed by atoms with Crippen LogP contribution in [-0.2, 0) is 5.41 Å². The van der Waals surface area contributed by atoms with Crippen molar-refractivity contribution < 1.29 is 0 Å². The minimum Gasteiger partial charge on any atom is -0.309 e. The SMILES string of the molecule is CC(C)(C)c1ccc(-n2c3ccccc3c3c4c5ccccc5n(-c5ccccc5)c4ccc32)cc1. The lowest BCUT2D eigenvalue weighted by Gasteiger charge is -2.19. The Labute approximate surface area is 211 Å². The number of hydrogen-bond acceptors (Lipinski definition) is 0. The third kappa shape index (κ3) is 2.97. The van der Waals surface area contributed by atoms with Crippen LogP contribution in [-0.4, -0.2) is 9.13 Å². The molecule has 0 bridgehead atoms. The van der Waals surface area contributed by atoms with E-state index in [1.54, 1.807) is 0 Å². The number of benzene rings is 5. The molecule has 0 unspecified atom stereocenters. The van der Waals surface area contributed by atoms with Crippen molar-refractivity contribution in [2.24, 2.45) is 0 Å². The molecule has 36 heavy (non-hydrogen) atoms. The van der Waals surface area contributed by atoms with Gasteiger partial charge in [0.1, 0.15) is 0 Å². The van der Waals surface area contributed by atoms with E-state index < -0.39 is 0 Å². The van der Waals surface area contributed by atoms with Gasteiger partial charge in [0.15, 0.2) is 0 Å². The van der Waals surface area contributed by atoms with Gasteiger partial charge in [-0.2, -0.15) is 0 Å². The fourth-order valence-corrected chi connectivity index (χ4v) is 5.76. The smallest absolute Gasteiger partial charge is 0.0548 e. The molecule has 0 radical (unpaired) electrons. The van der Waals surface area contributed by atoms with Crippen molar-refractivity contribution in [1.82, 2.24) is 9.13 Å². The number of hydrogen-bond donors (Lipinski definition) is 0.